The molecule has 8 nitrogen and oxygen atoms in total. The molecular formula is C32H47N3O5. The van der Waals surface area contributed by atoms with E-state index < -0.39 is 17.7 Å². The molecule has 2 saturated heterocycles. The summed E-state index contributed by atoms with van der Waals surface area (Å²) in [6, 6.07) is 8.12. The molecule has 8 heteroatoms. The smallest absolute Gasteiger partial charge is 0.337 e. The number of carboxylic acids is 1. The van der Waals surface area contributed by atoms with E-state index in [1.807, 2.05) is 46.8 Å². The number of piperidine rings is 1. The summed E-state index contributed by atoms with van der Waals surface area (Å²) in [6.07, 6.45) is 0.930. The number of benzene rings is 1. The fourth-order valence-corrected chi connectivity index (χ4v) is 5.59. The Balaban J connectivity index is 1.70. The molecule has 2 aliphatic rings. The van der Waals surface area contributed by atoms with Gasteiger partial charge >= 0.3 is 5.97 Å². The molecule has 1 aromatic heterocycles. The van der Waals surface area contributed by atoms with E-state index in [4.69, 9.17) is 19.2 Å². The van der Waals surface area contributed by atoms with Gasteiger partial charge in [0.05, 0.1) is 24.5 Å². The zero-order chi connectivity index (χ0) is 29.1. The van der Waals surface area contributed by atoms with Crippen LogP contribution in [0.5, 0.6) is 5.75 Å². The van der Waals surface area contributed by atoms with E-state index in [2.05, 4.69) is 35.8 Å². The Morgan fingerprint density at radius 3 is 2.25 bits per heavy atom. The minimum Gasteiger partial charge on any atom is -0.492 e. The first-order chi connectivity index (χ1) is 18.8. The Kier molecular flexibility index (Phi) is 9.43. The molecule has 220 valence electrons. The molecule has 2 aromatic rings. The Morgan fingerprint density at radius 2 is 1.68 bits per heavy atom. The maximum absolute atomic E-state index is 12.7. The van der Waals surface area contributed by atoms with Gasteiger partial charge in [0.25, 0.3) is 0 Å². The summed E-state index contributed by atoms with van der Waals surface area (Å²) in [5, 5.41) is 10.4. The van der Waals surface area contributed by atoms with Crippen LogP contribution in [0.3, 0.4) is 0 Å². The number of pyridine rings is 1. The number of anilines is 1. The second kappa shape index (κ2) is 12.5. The summed E-state index contributed by atoms with van der Waals surface area (Å²) in [4.78, 5) is 22.2. The highest BCUT2D eigenvalue weighted by molar-refractivity contribution is 5.88. The molecule has 40 heavy (non-hydrogen) atoms. The fraction of sp³-hybridized carbons (Fsp3) is 0.625. The predicted molar refractivity (Wildman–Crippen MR) is 158 cm³/mol. The zero-order valence-electron chi connectivity index (χ0n) is 25.4. The number of hydrogen-bond acceptors (Lipinski definition) is 7. The van der Waals surface area contributed by atoms with Crippen molar-refractivity contribution in [1.29, 1.82) is 0 Å². The topological polar surface area (TPSA) is 84.4 Å². The summed E-state index contributed by atoms with van der Waals surface area (Å²) >= 11 is 0. The number of carboxylic acid groups (broad SMARTS) is 1. The molecule has 2 fully saturated rings. The van der Waals surface area contributed by atoms with E-state index in [-0.39, 0.29) is 5.41 Å². The molecule has 1 N–H and O–H groups in total. The van der Waals surface area contributed by atoms with Crippen LogP contribution in [0.15, 0.2) is 24.3 Å². The Bertz CT molecular complexity index is 1160. The zero-order valence-corrected chi connectivity index (χ0v) is 25.4. The lowest BCUT2D eigenvalue weighted by atomic mass is 9.82. The van der Waals surface area contributed by atoms with Crippen molar-refractivity contribution in [2.45, 2.75) is 73.0 Å². The molecule has 0 bridgehead atoms. The SMILES string of the molecule is Cc1nc(C)c(C(OC(C)(C)C)C(=O)O)c(N2CCC(C)(C)CC2)c1-c1ccc(OCCN2CCOCC2)cc1. The van der Waals surface area contributed by atoms with Gasteiger partial charge in [0, 0.05) is 55.2 Å². The summed E-state index contributed by atoms with van der Waals surface area (Å²) in [5.41, 5.74) is 4.72. The number of morpholine rings is 1. The number of hydrogen-bond donors (Lipinski definition) is 1. The number of rotatable bonds is 9. The summed E-state index contributed by atoms with van der Waals surface area (Å²) < 4.78 is 17.7. The third-order valence-corrected chi connectivity index (χ3v) is 7.89. The van der Waals surface area contributed by atoms with Crippen LogP contribution < -0.4 is 9.64 Å². The molecule has 1 unspecified atom stereocenters. The minimum atomic E-state index is -1.13. The van der Waals surface area contributed by atoms with Crippen LogP contribution in [0.4, 0.5) is 5.69 Å². The summed E-state index contributed by atoms with van der Waals surface area (Å²) in [6.45, 7) is 20.8. The largest absolute Gasteiger partial charge is 0.492 e. The molecule has 0 amide bonds. The molecule has 0 aliphatic carbocycles. The first-order valence-corrected chi connectivity index (χ1v) is 14.5. The van der Waals surface area contributed by atoms with Gasteiger partial charge in [-0.25, -0.2) is 4.79 Å². The van der Waals surface area contributed by atoms with E-state index in [1.165, 1.54) is 0 Å². The lowest BCUT2D eigenvalue weighted by Crippen LogP contribution is -2.39. The van der Waals surface area contributed by atoms with E-state index >= 15 is 0 Å². The summed E-state index contributed by atoms with van der Waals surface area (Å²) in [5.74, 6) is -0.187. The molecule has 3 heterocycles. The lowest BCUT2D eigenvalue weighted by Gasteiger charge is -2.41. The van der Waals surface area contributed by atoms with Crippen LogP contribution in [0.2, 0.25) is 0 Å². The maximum atomic E-state index is 12.7. The van der Waals surface area contributed by atoms with Gasteiger partial charge in [-0.2, -0.15) is 0 Å². The van der Waals surface area contributed by atoms with Crippen molar-refractivity contribution in [2.75, 3.05) is 57.4 Å². The first-order valence-electron chi connectivity index (χ1n) is 14.5. The predicted octanol–water partition coefficient (Wildman–Crippen LogP) is 5.64. The highest BCUT2D eigenvalue weighted by Crippen LogP contribution is 2.45. The Labute approximate surface area is 239 Å². The molecular weight excluding hydrogens is 506 g/mol. The fourth-order valence-electron chi connectivity index (χ4n) is 5.59. The van der Waals surface area contributed by atoms with Crippen molar-refractivity contribution in [3.05, 3.63) is 41.2 Å². The van der Waals surface area contributed by atoms with Crippen molar-refractivity contribution in [2.24, 2.45) is 5.41 Å². The monoisotopic (exact) mass is 553 g/mol. The van der Waals surface area contributed by atoms with Gasteiger partial charge in [-0.3, -0.25) is 9.88 Å². The third kappa shape index (κ3) is 7.53. The molecule has 0 spiro atoms. The van der Waals surface area contributed by atoms with E-state index in [9.17, 15) is 9.90 Å². The highest BCUT2D eigenvalue weighted by atomic mass is 16.5. The molecule has 1 atom stereocenters. The molecule has 4 rings (SSSR count). The van der Waals surface area contributed by atoms with Crippen molar-refractivity contribution in [3.63, 3.8) is 0 Å². The van der Waals surface area contributed by atoms with Crippen LogP contribution in [-0.4, -0.2) is 79.1 Å². The Hall–Kier alpha value is -2.68. The van der Waals surface area contributed by atoms with Crippen molar-refractivity contribution >= 4 is 11.7 Å². The van der Waals surface area contributed by atoms with E-state index in [0.717, 1.165) is 87.0 Å². The average Bonchev–Trinajstić information content (AvgIpc) is 2.88. The van der Waals surface area contributed by atoms with Gasteiger partial charge in [0.15, 0.2) is 6.10 Å². The van der Waals surface area contributed by atoms with Gasteiger partial charge < -0.3 is 24.2 Å². The standard InChI is InChI=1S/C32H47N3O5/c1-22-26(24-8-10-25(11-9-24)39-21-18-34-16-19-38-20-17-34)28(35-14-12-32(6,7)13-15-35)27(23(2)33-22)29(30(36)37)40-31(3,4)5/h8-11,29H,12-21H2,1-7H3,(H,36,37). The molecule has 2 aliphatic heterocycles. The Morgan fingerprint density at radius 1 is 1.05 bits per heavy atom. The van der Waals surface area contributed by atoms with Crippen LogP contribution in [-0.2, 0) is 14.3 Å². The van der Waals surface area contributed by atoms with Crippen LogP contribution in [0.1, 0.15) is 70.5 Å². The quantitative estimate of drug-likeness (QED) is 0.427. The number of ether oxygens (including phenoxy) is 3. The number of nitrogens with zero attached hydrogens (tertiary/aromatic N) is 3. The highest BCUT2D eigenvalue weighted by Gasteiger charge is 2.36. The number of aliphatic carboxylic acids is 1. The second-order valence-electron chi connectivity index (χ2n) is 12.8. The van der Waals surface area contributed by atoms with E-state index in [1.54, 1.807) is 0 Å². The molecule has 0 saturated carbocycles. The third-order valence-electron chi connectivity index (χ3n) is 7.89. The number of carbonyl (C=O) groups is 1. The lowest BCUT2D eigenvalue weighted by molar-refractivity contribution is -0.160. The van der Waals surface area contributed by atoms with Crippen molar-refractivity contribution in [1.82, 2.24) is 9.88 Å². The molecule has 1 aromatic carbocycles. The van der Waals surface area contributed by atoms with Gasteiger partial charge in [0.1, 0.15) is 12.4 Å². The van der Waals surface area contributed by atoms with Crippen molar-refractivity contribution in [3.8, 4) is 16.9 Å². The second-order valence-corrected chi connectivity index (χ2v) is 12.8. The van der Waals surface area contributed by atoms with Gasteiger partial charge in [-0.15, -0.1) is 0 Å². The maximum Gasteiger partial charge on any atom is 0.337 e. The van der Waals surface area contributed by atoms with Gasteiger partial charge in [-0.1, -0.05) is 26.0 Å². The summed E-state index contributed by atoms with van der Waals surface area (Å²) in [7, 11) is 0. The van der Waals surface area contributed by atoms with Crippen LogP contribution in [0, 0.1) is 19.3 Å². The average molecular weight is 554 g/mol. The van der Waals surface area contributed by atoms with Gasteiger partial charge in [0.2, 0.25) is 0 Å². The normalized spacial score (nSPS) is 18.9. The first kappa shape index (κ1) is 30.3. The van der Waals surface area contributed by atoms with Crippen LogP contribution in [0.25, 0.3) is 11.1 Å². The number of aromatic nitrogens is 1. The van der Waals surface area contributed by atoms with Crippen molar-refractivity contribution < 1.29 is 24.1 Å². The van der Waals surface area contributed by atoms with Gasteiger partial charge in [-0.05, 0) is 70.6 Å². The van der Waals surface area contributed by atoms with E-state index in [0.29, 0.717) is 17.9 Å². The van der Waals surface area contributed by atoms with Crippen LogP contribution >= 0.6 is 0 Å². The number of aryl methyl sites for hydroxylation is 2. The minimum absolute atomic E-state index is 0.252. The molecule has 0 radical (unpaired) electrons.